The molecular formula is C13H13BrN6O. The third-order valence-electron chi connectivity index (χ3n) is 2.84. The highest BCUT2D eigenvalue weighted by Gasteiger charge is 2.13. The summed E-state index contributed by atoms with van der Waals surface area (Å²) in [6.45, 7) is 1.10. The van der Waals surface area contributed by atoms with Crippen molar-refractivity contribution in [2.75, 3.05) is 6.54 Å². The van der Waals surface area contributed by atoms with E-state index in [1.54, 1.807) is 10.9 Å². The number of rotatable bonds is 5. The highest BCUT2D eigenvalue weighted by atomic mass is 79.9. The molecule has 21 heavy (non-hydrogen) atoms. The van der Waals surface area contributed by atoms with Gasteiger partial charge in [0.05, 0.1) is 12.7 Å². The molecule has 0 saturated heterocycles. The summed E-state index contributed by atoms with van der Waals surface area (Å²) in [5.74, 6) is 0.972. The molecule has 0 fully saturated rings. The Labute approximate surface area is 129 Å². The van der Waals surface area contributed by atoms with Gasteiger partial charge in [-0.15, -0.1) is 5.10 Å². The van der Waals surface area contributed by atoms with Gasteiger partial charge >= 0.3 is 0 Å². The van der Waals surface area contributed by atoms with Crippen molar-refractivity contribution < 1.29 is 4.52 Å². The van der Waals surface area contributed by atoms with Gasteiger partial charge in [-0.05, 0) is 17.7 Å². The van der Waals surface area contributed by atoms with Crippen LogP contribution in [0.25, 0.3) is 11.6 Å². The topological polar surface area (TPSA) is 95.7 Å². The van der Waals surface area contributed by atoms with Crippen LogP contribution in [0.2, 0.25) is 0 Å². The first kappa shape index (κ1) is 13.9. The van der Waals surface area contributed by atoms with Gasteiger partial charge < -0.3 is 10.3 Å². The van der Waals surface area contributed by atoms with Crippen molar-refractivity contribution in [2.24, 2.45) is 5.73 Å². The summed E-state index contributed by atoms with van der Waals surface area (Å²) in [7, 11) is 0. The van der Waals surface area contributed by atoms with Gasteiger partial charge in [0.1, 0.15) is 0 Å². The van der Waals surface area contributed by atoms with E-state index in [4.69, 9.17) is 10.3 Å². The third-order valence-corrected chi connectivity index (χ3v) is 3.33. The van der Waals surface area contributed by atoms with Crippen LogP contribution in [-0.2, 0) is 13.0 Å². The Balaban J connectivity index is 1.76. The van der Waals surface area contributed by atoms with E-state index >= 15 is 0 Å². The second-order valence-electron chi connectivity index (χ2n) is 4.48. The van der Waals surface area contributed by atoms with Crippen molar-refractivity contribution >= 4 is 15.9 Å². The molecular weight excluding hydrogens is 336 g/mol. The summed E-state index contributed by atoms with van der Waals surface area (Å²) >= 11 is 3.44. The molecule has 3 rings (SSSR count). The van der Waals surface area contributed by atoms with Gasteiger partial charge in [-0.25, -0.2) is 0 Å². The van der Waals surface area contributed by atoms with E-state index in [0.717, 1.165) is 10.0 Å². The summed E-state index contributed by atoms with van der Waals surface area (Å²) in [5.41, 5.74) is 7.12. The first-order valence-electron chi connectivity index (χ1n) is 6.42. The predicted molar refractivity (Wildman–Crippen MR) is 79.3 cm³/mol. The molecule has 0 aliphatic carbocycles. The molecule has 0 aliphatic heterocycles. The molecule has 2 N–H and O–H groups in total. The fourth-order valence-electron chi connectivity index (χ4n) is 1.90. The van der Waals surface area contributed by atoms with E-state index in [0.29, 0.717) is 36.9 Å². The predicted octanol–water partition coefficient (Wildman–Crippen LogP) is 1.64. The summed E-state index contributed by atoms with van der Waals surface area (Å²) in [4.78, 5) is 4.34. The molecule has 0 spiro atoms. The third kappa shape index (κ3) is 3.34. The van der Waals surface area contributed by atoms with Crippen molar-refractivity contribution in [3.63, 3.8) is 0 Å². The number of halogens is 1. The Bertz CT molecular complexity index is 738. The molecule has 1 aromatic carbocycles. The van der Waals surface area contributed by atoms with Crippen molar-refractivity contribution in [2.45, 2.75) is 13.0 Å². The van der Waals surface area contributed by atoms with Crippen LogP contribution in [0.3, 0.4) is 0 Å². The van der Waals surface area contributed by atoms with Crippen molar-refractivity contribution in [1.29, 1.82) is 0 Å². The van der Waals surface area contributed by atoms with E-state index in [1.807, 2.05) is 24.3 Å². The van der Waals surface area contributed by atoms with E-state index < -0.39 is 0 Å². The monoisotopic (exact) mass is 348 g/mol. The molecule has 0 unspecified atom stereocenters. The zero-order valence-corrected chi connectivity index (χ0v) is 12.7. The Morgan fingerprint density at radius 2 is 2.24 bits per heavy atom. The molecule has 3 aromatic rings. The van der Waals surface area contributed by atoms with E-state index in [2.05, 4.69) is 36.4 Å². The standard InChI is InChI=1S/C13H13BrN6O/c14-10-3-1-2-9(6-10)7-12-16-13(21-18-12)11-8-20(5-4-15)19-17-11/h1-3,6,8H,4-5,7,15H2. The van der Waals surface area contributed by atoms with E-state index in [-0.39, 0.29) is 0 Å². The molecule has 0 saturated carbocycles. The molecule has 0 bridgehead atoms. The van der Waals surface area contributed by atoms with Crippen LogP contribution in [0.15, 0.2) is 39.5 Å². The zero-order chi connectivity index (χ0) is 14.7. The smallest absolute Gasteiger partial charge is 0.280 e. The highest BCUT2D eigenvalue weighted by molar-refractivity contribution is 9.10. The van der Waals surface area contributed by atoms with Gasteiger partial charge in [-0.1, -0.05) is 38.4 Å². The van der Waals surface area contributed by atoms with Crippen molar-refractivity contribution in [3.05, 3.63) is 46.3 Å². The normalized spacial score (nSPS) is 11.0. The highest BCUT2D eigenvalue weighted by Crippen LogP contribution is 2.17. The molecule has 2 heterocycles. The maximum Gasteiger partial charge on any atom is 0.280 e. The van der Waals surface area contributed by atoms with Gasteiger partial charge in [0.25, 0.3) is 5.89 Å². The number of nitrogens with two attached hydrogens (primary N) is 1. The summed E-state index contributed by atoms with van der Waals surface area (Å²) < 4.78 is 7.89. The lowest BCUT2D eigenvalue weighted by Crippen LogP contribution is -2.10. The molecule has 0 atom stereocenters. The Kier molecular flexibility index (Phi) is 4.07. The molecule has 0 amide bonds. The summed E-state index contributed by atoms with van der Waals surface area (Å²) in [6, 6.07) is 7.98. The second-order valence-corrected chi connectivity index (χ2v) is 5.39. The lowest BCUT2D eigenvalue weighted by atomic mass is 10.1. The number of aromatic nitrogens is 5. The Hall–Kier alpha value is -2.06. The Morgan fingerprint density at radius 3 is 3.05 bits per heavy atom. The molecule has 2 aromatic heterocycles. The lowest BCUT2D eigenvalue weighted by Gasteiger charge is -1.96. The first-order valence-corrected chi connectivity index (χ1v) is 7.21. The van der Waals surface area contributed by atoms with Crippen LogP contribution in [0.1, 0.15) is 11.4 Å². The maximum absolute atomic E-state index is 5.47. The van der Waals surface area contributed by atoms with Crippen LogP contribution in [0.4, 0.5) is 0 Å². The zero-order valence-electron chi connectivity index (χ0n) is 11.1. The van der Waals surface area contributed by atoms with E-state index in [1.165, 1.54) is 0 Å². The average Bonchev–Trinajstić information content (AvgIpc) is 3.08. The SMILES string of the molecule is NCCn1cc(-c2nc(Cc3cccc(Br)c3)no2)nn1. The quantitative estimate of drug-likeness (QED) is 0.752. The largest absolute Gasteiger partial charge is 0.332 e. The molecule has 0 aliphatic rings. The fourth-order valence-corrected chi connectivity index (χ4v) is 2.34. The minimum Gasteiger partial charge on any atom is -0.332 e. The maximum atomic E-state index is 5.47. The Morgan fingerprint density at radius 1 is 1.33 bits per heavy atom. The minimum atomic E-state index is 0.364. The van der Waals surface area contributed by atoms with Crippen molar-refractivity contribution in [1.82, 2.24) is 25.1 Å². The van der Waals surface area contributed by atoms with Gasteiger partial charge in [-0.2, -0.15) is 4.98 Å². The van der Waals surface area contributed by atoms with Crippen LogP contribution in [0.5, 0.6) is 0 Å². The summed E-state index contributed by atoms with van der Waals surface area (Å²) in [5, 5.41) is 11.9. The number of benzene rings is 1. The lowest BCUT2D eigenvalue weighted by molar-refractivity contribution is 0.422. The van der Waals surface area contributed by atoms with Gasteiger partial charge in [-0.3, -0.25) is 4.68 Å². The van der Waals surface area contributed by atoms with Crippen molar-refractivity contribution in [3.8, 4) is 11.6 Å². The second kappa shape index (κ2) is 6.15. The average molecular weight is 349 g/mol. The van der Waals surface area contributed by atoms with Gasteiger partial charge in [0, 0.05) is 17.4 Å². The van der Waals surface area contributed by atoms with Gasteiger partial charge in [0.2, 0.25) is 0 Å². The number of nitrogens with zero attached hydrogens (tertiary/aromatic N) is 5. The first-order chi connectivity index (χ1) is 10.2. The minimum absolute atomic E-state index is 0.364. The molecule has 108 valence electrons. The molecule has 7 nitrogen and oxygen atoms in total. The summed E-state index contributed by atoms with van der Waals surface area (Å²) in [6.07, 6.45) is 2.34. The van der Waals surface area contributed by atoms with Crippen LogP contribution < -0.4 is 5.73 Å². The number of hydrogen-bond donors (Lipinski definition) is 1. The fraction of sp³-hybridized carbons (Fsp3) is 0.231. The molecule has 8 heteroatoms. The molecule has 0 radical (unpaired) electrons. The van der Waals surface area contributed by atoms with Gasteiger partial charge in [0.15, 0.2) is 11.5 Å². The number of hydrogen-bond acceptors (Lipinski definition) is 6. The van der Waals surface area contributed by atoms with E-state index in [9.17, 15) is 0 Å². The van der Waals surface area contributed by atoms with Crippen LogP contribution in [-0.4, -0.2) is 31.7 Å². The van der Waals surface area contributed by atoms with Crippen LogP contribution in [0, 0.1) is 0 Å². The van der Waals surface area contributed by atoms with Crippen LogP contribution >= 0.6 is 15.9 Å².